The number of allylic oxidation sites excluding steroid dienone is 2. The number of rotatable bonds is 8. The maximum Gasteiger partial charge on any atom is 0.303 e. The first-order valence-electron chi connectivity index (χ1n) is 14.9. The van der Waals surface area contributed by atoms with Crippen LogP contribution in [0.1, 0.15) is 110 Å². The van der Waals surface area contributed by atoms with Crippen LogP contribution in [0.4, 0.5) is 0 Å². The van der Waals surface area contributed by atoms with E-state index in [1.54, 1.807) is 0 Å². The molecule has 8 nitrogen and oxygen atoms in total. The summed E-state index contributed by atoms with van der Waals surface area (Å²) >= 11 is 0. The lowest BCUT2D eigenvalue weighted by Crippen LogP contribution is -2.06. The number of nitrogens with zero attached hydrogens (tertiary/aromatic N) is 2. The van der Waals surface area contributed by atoms with Crippen molar-refractivity contribution in [2.45, 2.75) is 91.9 Å². The number of aryl methyl sites for hydroxylation is 4. The summed E-state index contributed by atoms with van der Waals surface area (Å²) in [6, 6.07) is 8.33. The molecule has 5 rings (SSSR count). The Hall–Kier alpha value is -4.20. The summed E-state index contributed by atoms with van der Waals surface area (Å²) in [6.07, 6.45) is 2.60. The Morgan fingerprint density at radius 3 is 1.95 bits per heavy atom. The second-order valence-electron chi connectivity index (χ2n) is 11.6. The van der Waals surface area contributed by atoms with Crippen LogP contribution in [0.3, 0.4) is 0 Å². The van der Waals surface area contributed by atoms with Crippen molar-refractivity contribution in [3.63, 3.8) is 0 Å². The van der Waals surface area contributed by atoms with E-state index in [2.05, 4.69) is 62.8 Å². The number of hydrogen-bond acceptors (Lipinski definition) is 4. The van der Waals surface area contributed by atoms with Gasteiger partial charge in [-0.15, -0.1) is 0 Å². The Labute approximate surface area is 246 Å². The normalized spacial score (nSPS) is 16.7. The minimum atomic E-state index is -0.859. The van der Waals surface area contributed by atoms with Crippen molar-refractivity contribution < 1.29 is 19.8 Å². The number of carboxylic acids is 2. The predicted octanol–water partition coefficient (Wildman–Crippen LogP) is 7.60. The molecular formula is C34H40N4O4. The van der Waals surface area contributed by atoms with E-state index in [9.17, 15) is 19.8 Å². The summed E-state index contributed by atoms with van der Waals surface area (Å²) < 4.78 is 0. The molecule has 0 saturated heterocycles. The Morgan fingerprint density at radius 2 is 1.36 bits per heavy atom. The Kier molecular flexibility index (Phi) is 8.08. The van der Waals surface area contributed by atoms with E-state index in [1.165, 1.54) is 22.3 Å². The number of H-pyrrole nitrogens is 2. The maximum atomic E-state index is 11.6. The molecule has 42 heavy (non-hydrogen) atoms. The first-order chi connectivity index (χ1) is 20.0. The third kappa shape index (κ3) is 5.38. The van der Waals surface area contributed by atoms with Gasteiger partial charge in [-0.05, 0) is 104 Å². The number of fused-ring (bicyclic) bond motifs is 8. The third-order valence-electron chi connectivity index (χ3n) is 9.11. The van der Waals surface area contributed by atoms with Crippen LogP contribution in [0.15, 0.2) is 24.3 Å². The standard InChI is InChI=1S/C34H40N4O4/c1-7-21-17(3)25-13-26-19(5)23(9-11-33(39)40)31(37-26)16-32-24(10-12-34(41)42)20(6)28(38-32)15-30-22(8-2)18(4)27(36-30)14-29(21)35-25/h13-16,20,24,35-36H,7-12H2,1-6H3,(H,39,40)(H,41,42). The molecule has 8 heteroatoms. The molecule has 220 valence electrons. The molecule has 3 aromatic heterocycles. The van der Waals surface area contributed by atoms with Crippen molar-refractivity contribution in [3.8, 4) is 0 Å². The summed E-state index contributed by atoms with van der Waals surface area (Å²) in [5, 5.41) is 19.0. The van der Waals surface area contributed by atoms with Crippen molar-refractivity contribution in [3.05, 3.63) is 69.3 Å². The van der Waals surface area contributed by atoms with Crippen molar-refractivity contribution >= 4 is 45.2 Å². The van der Waals surface area contributed by atoms with Gasteiger partial charge in [0.05, 0.1) is 11.4 Å². The van der Waals surface area contributed by atoms with E-state index in [0.717, 1.165) is 63.1 Å². The molecule has 0 amide bonds. The summed E-state index contributed by atoms with van der Waals surface area (Å²) in [5.41, 5.74) is 14.0. The average Bonchev–Trinajstić information content (AvgIpc) is 3.59. The van der Waals surface area contributed by atoms with Crippen LogP contribution in [-0.2, 0) is 22.4 Å². The van der Waals surface area contributed by atoms with Gasteiger partial charge in [-0.1, -0.05) is 20.8 Å². The largest absolute Gasteiger partial charge is 0.481 e. The fourth-order valence-electron chi connectivity index (χ4n) is 6.58. The van der Waals surface area contributed by atoms with Gasteiger partial charge in [-0.25, -0.2) is 4.98 Å². The fraction of sp³-hybridized carbons (Fsp3) is 0.412. The van der Waals surface area contributed by atoms with Crippen LogP contribution in [-0.4, -0.2) is 42.1 Å². The number of aliphatic carboxylic acids is 2. The minimum Gasteiger partial charge on any atom is -0.481 e. The maximum absolute atomic E-state index is 11.6. The highest BCUT2D eigenvalue weighted by atomic mass is 16.4. The number of carboxylic acid groups (broad SMARTS) is 2. The molecule has 2 aliphatic heterocycles. The molecule has 0 radical (unpaired) electrons. The van der Waals surface area contributed by atoms with Gasteiger partial charge in [-0.2, -0.15) is 0 Å². The van der Waals surface area contributed by atoms with Gasteiger partial charge in [0.2, 0.25) is 0 Å². The highest BCUT2D eigenvalue weighted by Crippen LogP contribution is 2.41. The van der Waals surface area contributed by atoms with Crippen LogP contribution < -0.4 is 0 Å². The Morgan fingerprint density at radius 1 is 0.762 bits per heavy atom. The van der Waals surface area contributed by atoms with Gasteiger partial charge in [0.1, 0.15) is 0 Å². The minimum absolute atomic E-state index is 0.00199. The summed E-state index contributed by atoms with van der Waals surface area (Å²) in [6.45, 7) is 12.7. The molecule has 2 unspecified atom stereocenters. The molecule has 3 aromatic rings. The zero-order valence-corrected chi connectivity index (χ0v) is 25.3. The summed E-state index contributed by atoms with van der Waals surface area (Å²) in [5.74, 6) is -1.77. The number of hydrogen-bond donors (Lipinski definition) is 4. The van der Waals surface area contributed by atoms with Crippen molar-refractivity contribution in [1.82, 2.24) is 19.9 Å². The highest BCUT2D eigenvalue weighted by molar-refractivity contribution is 5.93. The summed E-state index contributed by atoms with van der Waals surface area (Å²) in [7, 11) is 0. The molecule has 5 heterocycles. The van der Waals surface area contributed by atoms with E-state index >= 15 is 0 Å². The van der Waals surface area contributed by atoms with E-state index < -0.39 is 11.9 Å². The molecule has 2 atom stereocenters. The molecule has 0 fully saturated rings. The van der Waals surface area contributed by atoms with Gasteiger partial charge < -0.3 is 20.2 Å². The zero-order chi connectivity index (χ0) is 30.3. The van der Waals surface area contributed by atoms with Crippen LogP contribution in [0.5, 0.6) is 0 Å². The van der Waals surface area contributed by atoms with Crippen LogP contribution in [0, 0.1) is 13.8 Å². The number of aromatic amines is 2. The van der Waals surface area contributed by atoms with Crippen LogP contribution in [0.25, 0.3) is 33.2 Å². The monoisotopic (exact) mass is 568 g/mol. The zero-order valence-electron chi connectivity index (χ0n) is 25.3. The first-order valence-corrected chi connectivity index (χ1v) is 14.9. The van der Waals surface area contributed by atoms with Crippen molar-refractivity contribution in [2.75, 3.05) is 0 Å². The van der Waals surface area contributed by atoms with Crippen LogP contribution in [0.2, 0.25) is 0 Å². The Balaban J connectivity index is 1.89. The molecular weight excluding hydrogens is 528 g/mol. The Bertz CT molecular complexity index is 1780. The lowest BCUT2D eigenvalue weighted by atomic mass is 9.87. The van der Waals surface area contributed by atoms with Crippen molar-refractivity contribution in [1.29, 1.82) is 0 Å². The smallest absolute Gasteiger partial charge is 0.303 e. The van der Waals surface area contributed by atoms with E-state index in [-0.39, 0.29) is 24.7 Å². The van der Waals surface area contributed by atoms with Gasteiger partial charge in [0, 0.05) is 58.1 Å². The molecule has 2 aliphatic rings. The van der Waals surface area contributed by atoms with E-state index in [4.69, 9.17) is 9.97 Å². The lowest BCUT2D eigenvalue weighted by molar-refractivity contribution is -0.138. The van der Waals surface area contributed by atoms with Gasteiger partial charge in [0.15, 0.2) is 0 Å². The second kappa shape index (κ2) is 11.6. The summed E-state index contributed by atoms with van der Waals surface area (Å²) in [4.78, 5) is 40.5. The quantitative estimate of drug-likeness (QED) is 0.221. The average molecular weight is 569 g/mol. The topological polar surface area (TPSA) is 132 Å². The first kappa shape index (κ1) is 29.3. The lowest BCUT2D eigenvalue weighted by Gasteiger charge is -2.15. The van der Waals surface area contributed by atoms with Gasteiger partial charge >= 0.3 is 11.9 Å². The third-order valence-corrected chi connectivity index (χ3v) is 9.11. The fourth-order valence-corrected chi connectivity index (χ4v) is 6.58. The molecule has 0 spiro atoms. The number of aromatic nitrogens is 4. The SMILES string of the molecule is CCc1c(C)c2cc3[nH]c(cc4nc(cc5nc(cc1[nH]2)C(C)C5CCC(=O)O)C(CCC(=O)O)=C4C)c(C)c3CC. The van der Waals surface area contributed by atoms with Crippen molar-refractivity contribution in [2.24, 2.45) is 0 Å². The second-order valence-corrected chi connectivity index (χ2v) is 11.6. The van der Waals surface area contributed by atoms with E-state index in [0.29, 0.717) is 18.5 Å². The predicted molar refractivity (Wildman–Crippen MR) is 167 cm³/mol. The van der Waals surface area contributed by atoms with Gasteiger partial charge in [-0.3, -0.25) is 14.6 Å². The molecule has 8 bridgehead atoms. The number of carbonyl (C=O) groups is 2. The molecule has 0 saturated carbocycles. The molecule has 4 N–H and O–H groups in total. The molecule has 0 aromatic carbocycles. The van der Waals surface area contributed by atoms with Crippen LogP contribution >= 0.6 is 0 Å². The van der Waals surface area contributed by atoms with Gasteiger partial charge in [0.25, 0.3) is 0 Å². The number of nitrogens with one attached hydrogen (secondary N) is 2. The highest BCUT2D eigenvalue weighted by Gasteiger charge is 2.30. The van der Waals surface area contributed by atoms with E-state index in [1.807, 2.05) is 13.0 Å². The molecule has 0 aliphatic carbocycles.